The number of carbonyl (C=O) groups excluding carboxylic acids is 5. The number of fused-ring (bicyclic) bond motifs is 1. The Labute approximate surface area is 283 Å². The number of nitrogens with zero attached hydrogens (tertiary/aromatic N) is 7. The van der Waals surface area contributed by atoms with Crippen molar-refractivity contribution in [2.24, 2.45) is 0 Å². The maximum absolute atomic E-state index is 13.2. The zero-order valence-electron chi connectivity index (χ0n) is 28.1. The number of amides is 6. The number of piperidine rings is 3. The molecule has 0 bridgehead atoms. The third-order valence-corrected chi connectivity index (χ3v) is 11.4. The summed E-state index contributed by atoms with van der Waals surface area (Å²) in [5.74, 6) is -1.92. The second kappa shape index (κ2) is 14.5. The van der Waals surface area contributed by atoms with Crippen molar-refractivity contribution in [1.29, 1.82) is 0 Å². The van der Waals surface area contributed by atoms with Gasteiger partial charge in [-0.3, -0.25) is 39.2 Å². The molecule has 0 aromatic heterocycles. The number of benzene rings is 1. The molecule has 1 atom stereocenters. The van der Waals surface area contributed by atoms with E-state index < -0.39 is 23.8 Å². The predicted octanol–water partition coefficient (Wildman–Crippen LogP) is 1.29. The van der Waals surface area contributed by atoms with Crippen LogP contribution >= 0.6 is 0 Å². The number of piperazine rings is 2. The fourth-order valence-corrected chi connectivity index (χ4v) is 8.47. The maximum Gasteiger partial charge on any atom is 0.320 e. The first-order chi connectivity index (χ1) is 23.4. The number of urea groups is 1. The molecule has 1 N–H and O–H groups in total. The first-order valence-electron chi connectivity index (χ1n) is 18.2. The molecule has 48 heavy (non-hydrogen) atoms. The van der Waals surface area contributed by atoms with Gasteiger partial charge < -0.3 is 19.6 Å². The van der Waals surface area contributed by atoms with Crippen molar-refractivity contribution in [3.05, 3.63) is 29.3 Å². The molecule has 6 amide bonds. The van der Waals surface area contributed by atoms with Gasteiger partial charge in [0, 0.05) is 83.6 Å². The summed E-state index contributed by atoms with van der Waals surface area (Å²) in [5, 5.41) is 2.24. The highest BCUT2D eigenvalue weighted by Gasteiger charge is 2.45. The van der Waals surface area contributed by atoms with Crippen LogP contribution in [0.2, 0.25) is 0 Å². The number of imide groups is 2. The lowest BCUT2D eigenvalue weighted by molar-refractivity contribution is -0.136. The Kier molecular flexibility index (Phi) is 9.97. The number of rotatable bonds is 7. The second-order valence-electron chi connectivity index (χ2n) is 14.3. The summed E-state index contributed by atoms with van der Waals surface area (Å²) in [6.45, 7) is 13.3. The van der Waals surface area contributed by atoms with Crippen LogP contribution in [0.1, 0.15) is 72.1 Å². The predicted molar refractivity (Wildman–Crippen MR) is 180 cm³/mol. The normalized spacial score (nSPS) is 25.5. The average molecular weight is 663 g/mol. The number of anilines is 1. The van der Waals surface area contributed by atoms with Gasteiger partial charge in [0.15, 0.2) is 0 Å². The lowest BCUT2D eigenvalue weighted by Crippen LogP contribution is -2.55. The third-order valence-electron chi connectivity index (χ3n) is 11.4. The molecule has 0 spiro atoms. The Hall–Kier alpha value is -3.55. The van der Waals surface area contributed by atoms with E-state index in [-0.39, 0.29) is 24.8 Å². The maximum atomic E-state index is 13.2. The Morgan fingerprint density at radius 3 is 1.98 bits per heavy atom. The summed E-state index contributed by atoms with van der Waals surface area (Å²) >= 11 is 0. The molecule has 1 aromatic rings. The number of likely N-dealkylation sites (tertiary alicyclic amines) is 2. The van der Waals surface area contributed by atoms with Crippen LogP contribution in [-0.4, -0.2) is 163 Å². The molecule has 6 aliphatic rings. The minimum absolute atomic E-state index is 0.106. The van der Waals surface area contributed by atoms with Crippen LogP contribution in [-0.2, 0) is 9.59 Å². The van der Waals surface area contributed by atoms with E-state index in [0.717, 1.165) is 108 Å². The monoisotopic (exact) mass is 662 g/mol. The molecular formula is C35H50N8O5. The van der Waals surface area contributed by atoms with Crippen molar-refractivity contribution < 1.29 is 24.0 Å². The Morgan fingerprint density at radius 2 is 1.31 bits per heavy atom. The standard InChI is InChI=1S/C35H50N8O5/c44-31-8-7-30(32(45)36-31)43-33(46)28-6-5-27(25-29(28)34(43)47)40-21-17-37(18-22-40)11-4-12-38-19-23-42(24-20-38)35(48)41-15-9-26(10-16-41)39-13-2-1-3-14-39/h5-6,25-26,30H,1-4,7-24H2,(H,36,44,45). The molecule has 1 unspecified atom stereocenters. The molecule has 0 saturated carbocycles. The van der Waals surface area contributed by atoms with Crippen molar-refractivity contribution in [2.45, 2.75) is 63.5 Å². The first kappa shape index (κ1) is 33.0. The molecule has 13 heteroatoms. The molecule has 6 aliphatic heterocycles. The van der Waals surface area contributed by atoms with Crippen molar-refractivity contribution >= 4 is 35.3 Å². The van der Waals surface area contributed by atoms with E-state index in [9.17, 15) is 24.0 Å². The number of hydrogen-bond donors (Lipinski definition) is 1. The minimum atomic E-state index is -0.953. The van der Waals surface area contributed by atoms with Gasteiger partial charge in [-0.1, -0.05) is 6.42 Å². The molecule has 5 fully saturated rings. The van der Waals surface area contributed by atoms with Crippen LogP contribution in [0.15, 0.2) is 18.2 Å². The molecule has 13 nitrogen and oxygen atoms in total. The minimum Gasteiger partial charge on any atom is -0.369 e. The highest BCUT2D eigenvalue weighted by molar-refractivity contribution is 6.23. The fraction of sp³-hybridized carbons (Fsp3) is 0.686. The van der Waals surface area contributed by atoms with Crippen LogP contribution in [0, 0.1) is 0 Å². The zero-order chi connectivity index (χ0) is 33.2. The topological polar surface area (TPSA) is 120 Å². The summed E-state index contributed by atoms with van der Waals surface area (Å²) in [6.07, 6.45) is 7.57. The summed E-state index contributed by atoms with van der Waals surface area (Å²) in [5.41, 5.74) is 1.53. The van der Waals surface area contributed by atoms with Gasteiger partial charge in [-0.25, -0.2) is 4.79 Å². The SMILES string of the molecule is O=C1CCC(N2C(=O)c3ccc(N4CCN(CCCN5CCN(C(=O)N6CCC(N7CCCCC7)CC6)CC5)CC4)cc3C2=O)C(=O)N1. The van der Waals surface area contributed by atoms with Crippen molar-refractivity contribution in [1.82, 2.24) is 34.7 Å². The van der Waals surface area contributed by atoms with Gasteiger partial charge in [0.1, 0.15) is 6.04 Å². The van der Waals surface area contributed by atoms with Gasteiger partial charge in [0.05, 0.1) is 11.1 Å². The smallest absolute Gasteiger partial charge is 0.320 e. The third kappa shape index (κ3) is 6.95. The summed E-state index contributed by atoms with van der Waals surface area (Å²) in [7, 11) is 0. The van der Waals surface area contributed by atoms with Gasteiger partial charge in [-0.15, -0.1) is 0 Å². The first-order valence-corrected chi connectivity index (χ1v) is 18.2. The molecule has 0 aliphatic carbocycles. The van der Waals surface area contributed by atoms with E-state index in [2.05, 4.69) is 34.7 Å². The van der Waals surface area contributed by atoms with Crippen molar-refractivity contribution in [3.63, 3.8) is 0 Å². The van der Waals surface area contributed by atoms with E-state index in [1.165, 1.54) is 32.4 Å². The van der Waals surface area contributed by atoms with E-state index >= 15 is 0 Å². The molecule has 1 aromatic carbocycles. The quantitative estimate of drug-likeness (QED) is 0.431. The lowest BCUT2D eigenvalue weighted by Gasteiger charge is -2.43. The molecular weight excluding hydrogens is 612 g/mol. The number of nitrogens with one attached hydrogen (secondary N) is 1. The molecule has 6 heterocycles. The highest BCUT2D eigenvalue weighted by atomic mass is 16.2. The van der Waals surface area contributed by atoms with Gasteiger partial charge >= 0.3 is 6.03 Å². The number of carbonyl (C=O) groups is 5. The zero-order valence-corrected chi connectivity index (χ0v) is 28.1. The van der Waals surface area contributed by atoms with E-state index in [1.54, 1.807) is 12.1 Å². The molecule has 5 saturated heterocycles. The number of hydrogen-bond acceptors (Lipinski definition) is 9. The second-order valence-corrected chi connectivity index (χ2v) is 14.3. The van der Waals surface area contributed by atoms with Crippen LogP contribution < -0.4 is 10.2 Å². The van der Waals surface area contributed by atoms with Gasteiger partial charge in [-0.05, 0) is 82.9 Å². The van der Waals surface area contributed by atoms with Gasteiger partial charge in [0.25, 0.3) is 11.8 Å². The summed E-state index contributed by atoms with van der Waals surface area (Å²) in [4.78, 5) is 78.5. The summed E-state index contributed by atoms with van der Waals surface area (Å²) in [6, 6.07) is 5.29. The molecule has 7 rings (SSSR count). The lowest BCUT2D eigenvalue weighted by atomic mass is 10.00. The average Bonchev–Trinajstić information content (AvgIpc) is 3.37. The molecule has 260 valence electrons. The Bertz CT molecular complexity index is 1390. The molecule has 0 radical (unpaired) electrons. The van der Waals surface area contributed by atoms with E-state index in [4.69, 9.17) is 0 Å². The van der Waals surface area contributed by atoms with E-state index in [0.29, 0.717) is 17.2 Å². The summed E-state index contributed by atoms with van der Waals surface area (Å²) < 4.78 is 0. The highest BCUT2D eigenvalue weighted by Crippen LogP contribution is 2.31. The Morgan fingerprint density at radius 1 is 0.688 bits per heavy atom. The van der Waals surface area contributed by atoms with Gasteiger partial charge in [0.2, 0.25) is 11.8 Å². The van der Waals surface area contributed by atoms with Crippen LogP contribution in [0.5, 0.6) is 0 Å². The van der Waals surface area contributed by atoms with E-state index in [1.807, 2.05) is 6.07 Å². The fourth-order valence-electron chi connectivity index (χ4n) is 8.47. The Balaban J connectivity index is 0.807. The van der Waals surface area contributed by atoms with Crippen molar-refractivity contribution in [2.75, 3.05) is 96.5 Å². The van der Waals surface area contributed by atoms with Crippen LogP contribution in [0.25, 0.3) is 0 Å². The van der Waals surface area contributed by atoms with Gasteiger partial charge in [-0.2, -0.15) is 0 Å². The van der Waals surface area contributed by atoms with Crippen molar-refractivity contribution in [3.8, 4) is 0 Å². The van der Waals surface area contributed by atoms with Crippen LogP contribution in [0.3, 0.4) is 0 Å². The largest absolute Gasteiger partial charge is 0.369 e. The van der Waals surface area contributed by atoms with Crippen LogP contribution in [0.4, 0.5) is 10.5 Å².